The van der Waals surface area contributed by atoms with Crippen molar-refractivity contribution < 1.29 is 9.53 Å². The number of amides is 1. The molecule has 1 fully saturated rings. The lowest BCUT2D eigenvalue weighted by molar-refractivity contribution is 0.0209. The minimum absolute atomic E-state index is 0.0676. The quantitative estimate of drug-likeness (QED) is 0.516. The van der Waals surface area contributed by atoms with Crippen LogP contribution in [0.15, 0.2) is 48.5 Å². The molecule has 4 rings (SSSR count). The van der Waals surface area contributed by atoms with Crippen molar-refractivity contribution >= 4 is 34.7 Å². The van der Waals surface area contributed by atoms with Gasteiger partial charge in [-0.3, -0.25) is 0 Å². The molecule has 1 atom stereocenters. The third-order valence-corrected chi connectivity index (χ3v) is 6.01. The third kappa shape index (κ3) is 5.01. The predicted molar refractivity (Wildman–Crippen MR) is 130 cm³/mol. The van der Waals surface area contributed by atoms with Crippen LogP contribution in [0.4, 0.5) is 10.7 Å². The van der Waals surface area contributed by atoms with Gasteiger partial charge in [-0.1, -0.05) is 35.9 Å². The zero-order valence-corrected chi connectivity index (χ0v) is 20.0. The molecule has 170 valence electrons. The van der Waals surface area contributed by atoms with Gasteiger partial charge in [0.1, 0.15) is 5.60 Å². The van der Waals surface area contributed by atoms with Gasteiger partial charge in [0.2, 0.25) is 5.95 Å². The van der Waals surface area contributed by atoms with Crippen molar-refractivity contribution in [2.45, 2.75) is 51.8 Å². The fourth-order valence-corrected chi connectivity index (χ4v) is 4.43. The van der Waals surface area contributed by atoms with E-state index in [1.807, 2.05) is 64.2 Å². The molecule has 1 aliphatic rings. The number of piperidine rings is 1. The minimum atomic E-state index is -0.509. The number of ether oxygens (including phenoxy) is 1. The highest BCUT2D eigenvalue weighted by atomic mass is 35.5. The van der Waals surface area contributed by atoms with E-state index >= 15 is 0 Å². The molecule has 0 bridgehead atoms. The number of para-hydroxylation sites is 2. The Morgan fingerprint density at radius 1 is 1.22 bits per heavy atom. The Bertz CT molecular complexity index is 1100. The van der Waals surface area contributed by atoms with Crippen LogP contribution in [0.1, 0.15) is 39.2 Å². The molecule has 2 heterocycles. The van der Waals surface area contributed by atoms with Crippen LogP contribution >= 0.6 is 11.6 Å². The van der Waals surface area contributed by atoms with Crippen LogP contribution in [0, 0.1) is 0 Å². The maximum Gasteiger partial charge on any atom is 0.410 e. The first kappa shape index (κ1) is 22.5. The molecule has 7 heteroatoms. The van der Waals surface area contributed by atoms with Crippen molar-refractivity contribution in [2.75, 3.05) is 25.0 Å². The largest absolute Gasteiger partial charge is 0.444 e. The monoisotopic (exact) mass is 454 g/mol. The van der Waals surface area contributed by atoms with E-state index in [0.717, 1.165) is 47.0 Å². The minimum Gasteiger partial charge on any atom is -0.444 e. The van der Waals surface area contributed by atoms with Crippen molar-refractivity contribution in [1.82, 2.24) is 14.5 Å². The number of aromatic nitrogens is 2. The van der Waals surface area contributed by atoms with Crippen LogP contribution in [0.2, 0.25) is 5.02 Å². The zero-order chi connectivity index (χ0) is 22.9. The topological polar surface area (TPSA) is 50.6 Å². The lowest BCUT2D eigenvalue weighted by atomic mass is 10.1. The molecular weight excluding hydrogens is 424 g/mol. The number of nitrogens with zero attached hydrogens (tertiary/aromatic N) is 4. The summed E-state index contributed by atoms with van der Waals surface area (Å²) >= 11 is 6.24. The van der Waals surface area contributed by atoms with E-state index in [9.17, 15) is 4.79 Å². The number of halogens is 1. The lowest BCUT2D eigenvalue weighted by Crippen LogP contribution is -2.50. The molecule has 32 heavy (non-hydrogen) atoms. The second kappa shape index (κ2) is 9.02. The summed E-state index contributed by atoms with van der Waals surface area (Å²) in [5, 5.41) is 0.727. The van der Waals surface area contributed by atoms with Crippen LogP contribution in [-0.4, -0.2) is 52.3 Å². The number of imidazole rings is 1. The van der Waals surface area contributed by atoms with Crippen molar-refractivity contribution in [3.05, 3.63) is 59.1 Å². The number of hydrogen-bond acceptors (Lipinski definition) is 4. The normalized spacial score (nSPS) is 16.9. The van der Waals surface area contributed by atoms with Gasteiger partial charge in [-0.2, -0.15) is 0 Å². The molecular formula is C25H31ClN4O2. The van der Waals surface area contributed by atoms with Gasteiger partial charge in [0.25, 0.3) is 0 Å². The van der Waals surface area contributed by atoms with Crippen molar-refractivity contribution in [2.24, 2.45) is 0 Å². The van der Waals surface area contributed by atoms with Gasteiger partial charge in [-0.25, -0.2) is 9.78 Å². The molecule has 0 saturated carbocycles. The summed E-state index contributed by atoms with van der Waals surface area (Å²) in [4.78, 5) is 21.6. The maximum absolute atomic E-state index is 12.6. The summed E-state index contributed by atoms with van der Waals surface area (Å²) in [6.07, 6.45) is 1.65. The second-order valence-corrected chi connectivity index (χ2v) is 9.89. The van der Waals surface area contributed by atoms with Crippen molar-refractivity contribution in [1.29, 1.82) is 0 Å². The summed E-state index contributed by atoms with van der Waals surface area (Å²) in [5.74, 6) is 0.925. The molecule has 0 unspecified atom stereocenters. The number of benzene rings is 2. The van der Waals surface area contributed by atoms with Crippen molar-refractivity contribution in [3.63, 3.8) is 0 Å². The molecule has 0 aliphatic carbocycles. The van der Waals surface area contributed by atoms with E-state index < -0.39 is 5.60 Å². The summed E-state index contributed by atoms with van der Waals surface area (Å²) < 4.78 is 7.84. The number of carbonyl (C=O) groups excluding carboxylic acids is 1. The molecule has 1 saturated heterocycles. The Morgan fingerprint density at radius 2 is 2.00 bits per heavy atom. The number of likely N-dealkylation sites (N-methyl/N-ethyl adjacent to an activating group) is 1. The van der Waals surface area contributed by atoms with Crippen LogP contribution < -0.4 is 4.90 Å². The molecule has 3 aromatic rings. The van der Waals surface area contributed by atoms with E-state index in [2.05, 4.69) is 21.6 Å². The molecule has 0 spiro atoms. The highest BCUT2D eigenvalue weighted by Gasteiger charge is 2.31. The van der Waals surface area contributed by atoms with E-state index in [1.54, 1.807) is 4.90 Å². The van der Waals surface area contributed by atoms with Gasteiger partial charge in [-0.15, -0.1) is 0 Å². The number of rotatable bonds is 4. The highest BCUT2D eigenvalue weighted by molar-refractivity contribution is 6.30. The highest BCUT2D eigenvalue weighted by Crippen LogP contribution is 2.28. The first-order chi connectivity index (χ1) is 15.2. The van der Waals surface area contributed by atoms with Crippen LogP contribution in [0.25, 0.3) is 11.0 Å². The first-order valence-corrected chi connectivity index (χ1v) is 11.5. The Morgan fingerprint density at radius 3 is 2.75 bits per heavy atom. The standard InChI is InChI=1S/C25H31ClN4O2/c1-25(2,3)32-24(31)28(4)20-11-8-14-29(17-20)23-27-21-12-5-6-13-22(21)30(23)16-18-9-7-10-19(26)15-18/h5-7,9-10,12-13,15,20H,8,11,14,16-17H2,1-4H3/t20-/m1/s1. The van der Waals surface area contributed by atoms with Gasteiger partial charge in [0.05, 0.1) is 23.6 Å². The smallest absolute Gasteiger partial charge is 0.410 e. The van der Waals surface area contributed by atoms with Gasteiger partial charge in [0, 0.05) is 25.2 Å². The number of carbonyl (C=O) groups is 1. The van der Waals surface area contributed by atoms with E-state index in [0.29, 0.717) is 13.1 Å². The van der Waals surface area contributed by atoms with Gasteiger partial charge in [0.15, 0.2) is 0 Å². The Balaban J connectivity index is 1.62. The summed E-state index contributed by atoms with van der Waals surface area (Å²) in [7, 11) is 1.83. The van der Waals surface area contributed by atoms with E-state index in [-0.39, 0.29) is 12.1 Å². The SMILES string of the molecule is CN(C(=O)OC(C)(C)C)[C@@H]1CCCN(c2nc3ccccc3n2Cc2cccc(Cl)c2)C1. The molecule has 0 radical (unpaired) electrons. The molecule has 6 nitrogen and oxygen atoms in total. The third-order valence-electron chi connectivity index (χ3n) is 5.77. The average molecular weight is 455 g/mol. The maximum atomic E-state index is 12.6. The molecule has 2 aromatic carbocycles. The fraction of sp³-hybridized carbons (Fsp3) is 0.440. The second-order valence-electron chi connectivity index (χ2n) is 9.45. The average Bonchev–Trinajstić information content (AvgIpc) is 3.10. The summed E-state index contributed by atoms with van der Waals surface area (Å²) in [6, 6.07) is 16.2. The molecule has 1 aromatic heterocycles. The molecule has 0 N–H and O–H groups in total. The summed E-state index contributed by atoms with van der Waals surface area (Å²) in [6.45, 7) is 7.98. The number of hydrogen-bond donors (Lipinski definition) is 0. The fourth-order valence-electron chi connectivity index (χ4n) is 4.21. The van der Waals surface area contributed by atoms with Crippen LogP contribution in [0.3, 0.4) is 0 Å². The molecule has 1 amide bonds. The number of anilines is 1. The van der Waals surface area contributed by atoms with E-state index in [4.69, 9.17) is 21.3 Å². The van der Waals surface area contributed by atoms with Crippen molar-refractivity contribution in [3.8, 4) is 0 Å². The van der Waals surface area contributed by atoms with Crippen LogP contribution in [0.5, 0.6) is 0 Å². The number of fused-ring (bicyclic) bond motifs is 1. The molecule has 1 aliphatic heterocycles. The lowest BCUT2D eigenvalue weighted by Gasteiger charge is -2.38. The van der Waals surface area contributed by atoms with Crippen LogP contribution in [-0.2, 0) is 11.3 Å². The first-order valence-electron chi connectivity index (χ1n) is 11.1. The Labute approximate surface area is 194 Å². The Kier molecular flexibility index (Phi) is 6.33. The van der Waals surface area contributed by atoms with Gasteiger partial charge < -0.3 is 19.1 Å². The van der Waals surface area contributed by atoms with E-state index in [1.165, 1.54) is 0 Å². The van der Waals surface area contributed by atoms with Gasteiger partial charge >= 0.3 is 6.09 Å². The van der Waals surface area contributed by atoms with Gasteiger partial charge in [-0.05, 0) is 63.4 Å². The predicted octanol–water partition coefficient (Wildman–Crippen LogP) is 5.57. The zero-order valence-electron chi connectivity index (χ0n) is 19.2. The summed E-state index contributed by atoms with van der Waals surface area (Å²) in [5.41, 5.74) is 2.67. The Hall–Kier alpha value is -2.73.